The summed E-state index contributed by atoms with van der Waals surface area (Å²) in [6, 6.07) is 0.460. The molecule has 0 aliphatic carbocycles. The van der Waals surface area contributed by atoms with Crippen molar-refractivity contribution in [1.82, 2.24) is 30.3 Å². The highest BCUT2D eigenvalue weighted by Crippen LogP contribution is 2.13. The zero-order valence-electron chi connectivity index (χ0n) is 19.2. The summed E-state index contributed by atoms with van der Waals surface area (Å²) in [4.78, 5) is 7.28. The number of rotatable bonds is 11. The fourth-order valence-electron chi connectivity index (χ4n) is 3.40. The van der Waals surface area contributed by atoms with Gasteiger partial charge in [0.2, 0.25) is 0 Å². The lowest BCUT2D eigenvalue weighted by atomic mass is 10.0. The molecule has 30 heavy (non-hydrogen) atoms. The van der Waals surface area contributed by atoms with Crippen LogP contribution in [0.1, 0.15) is 38.3 Å². The van der Waals surface area contributed by atoms with Crippen LogP contribution in [-0.2, 0) is 23.1 Å². The number of ether oxygens (including phenoxy) is 2. The number of aromatic nitrogens is 3. The Morgan fingerprint density at radius 3 is 2.57 bits per heavy atom. The van der Waals surface area contributed by atoms with E-state index < -0.39 is 0 Å². The van der Waals surface area contributed by atoms with Crippen LogP contribution in [0.3, 0.4) is 0 Å². The van der Waals surface area contributed by atoms with E-state index in [1.54, 1.807) is 7.11 Å². The van der Waals surface area contributed by atoms with Gasteiger partial charge in [0.15, 0.2) is 11.8 Å². The molecule has 0 aromatic carbocycles. The first kappa shape index (κ1) is 27.1. The van der Waals surface area contributed by atoms with Crippen LogP contribution in [0, 0.1) is 12.8 Å². The van der Waals surface area contributed by atoms with Crippen LogP contribution in [0.2, 0.25) is 0 Å². The van der Waals surface area contributed by atoms with Gasteiger partial charge in [-0.05, 0) is 25.7 Å². The van der Waals surface area contributed by atoms with Crippen molar-refractivity contribution in [3.05, 3.63) is 11.6 Å². The molecule has 1 unspecified atom stereocenters. The van der Waals surface area contributed by atoms with Crippen LogP contribution in [-0.4, -0.2) is 84.8 Å². The molecule has 2 N–H and O–H groups in total. The highest BCUT2D eigenvalue weighted by atomic mass is 127. The number of nitrogens with one attached hydrogen (secondary N) is 2. The van der Waals surface area contributed by atoms with Crippen molar-refractivity contribution in [2.24, 2.45) is 18.0 Å². The fraction of sp³-hybridized carbons (Fsp3) is 0.850. The van der Waals surface area contributed by atoms with E-state index in [4.69, 9.17) is 14.5 Å². The van der Waals surface area contributed by atoms with Crippen molar-refractivity contribution in [3.8, 4) is 0 Å². The summed E-state index contributed by atoms with van der Waals surface area (Å²) >= 11 is 0. The minimum Gasteiger partial charge on any atom is -0.385 e. The molecule has 1 atom stereocenters. The van der Waals surface area contributed by atoms with Gasteiger partial charge in [0.05, 0.1) is 13.2 Å². The Kier molecular flexibility index (Phi) is 13.5. The monoisotopic (exact) mass is 537 g/mol. The molecule has 0 amide bonds. The molecular weight excluding hydrogens is 497 g/mol. The molecule has 1 fully saturated rings. The molecule has 10 heteroatoms. The smallest absolute Gasteiger partial charge is 0.191 e. The van der Waals surface area contributed by atoms with Crippen molar-refractivity contribution < 1.29 is 9.47 Å². The van der Waals surface area contributed by atoms with E-state index in [9.17, 15) is 0 Å². The lowest BCUT2D eigenvalue weighted by molar-refractivity contribution is 0.0132. The number of hydrogen-bond acceptors (Lipinski definition) is 6. The number of guanidine groups is 1. The van der Waals surface area contributed by atoms with Gasteiger partial charge in [0.1, 0.15) is 12.4 Å². The molecule has 0 spiro atoms. The van der Waals surface area contributed by atoms with E-state index in [0.717, 1.165) is 76.4 Å². The molecule has 1 saturated heterocycles. The van der Waals surface area contributed by atoms with Gasteiger partial charge in [-0.25, -0.2) is 4.99 Å². The van der Waals surface area contributed by atoms with Gasteiger partial charge in [-0.3, -0.25) is 4.90 Å². The zero-order chi connectivity index (χ0) is 21.1. The van der Waals surface area contributed by atoms with Crippen molar-refractivity contribution >= 4 is 29.9 Å². The second-order valence-electron chi connectivity index (χ2n) is 7.97. The fourth-order valence-corrected chi connectivity index (χ4v) is 3.40. The van der Waals surface area contributed by atoms with E-state index in [1.807, 2.05) is 18.5 Å². The predicted molar refractivity (Wildman–Crippen MR) is 130 cm³/mol. The Balaban J connectivity index is 0.00000450. The topological polar surface area (TPSA) is 88.8 Å². The first-order valence-corrected chi connectivity index (χ1v) is 10.7. The van der Waals surface area contributed by atoms with Gasteiger partial charge in [0, 0.05) is 53.0 Å². The SMILES string of the molecule is COCCCNC(=NCc1nnc(C)n1C)NCC(CC(C)C)N1CCOCC1.I. The Labute approximate surface area is 198 Å². The molecule has 9 nitrogen and oxygen atoms in total. The average Bonchev–Trinajstić information content (AvgIpc) is 3.04. The molecule has 2 heterocycles. The highest BCUT2D eigenvalue weighted by Gasteiger charge is 2.22. The summed E-state index contributed by atoms with van der Waals surface area (Å²) in [5.74, 6) is 3.19. The molecule has 2 rings (SSSR count). The number of hydrogen-bond donors (Lipinski definition) is 2. The zero-order valence-corrected chi connectivity index (χ0v) is 21.5. The number of halogens is 1. The third-order valence-corrected chi connectivity index (χ3v) is 5.19. The summed E-state index contributed by atoms with van der Waals surface area (Å²) < 4.78 is 12.7. The summed E-state index contributed by atoms with van der Waals surface area (Å²) in [7, 11) is 3.69. The van der Waals surface area contributed by atoms with E-state index >= 15 is 0 Å². The summed E-state index contributed by atoms with van der Waals surface area (Å²) in [5, 5.41) is 15.3. The molecule has 174 valence electrons. The quantitative estimate of drug-likeness (QED) is 0.192. The number of aliphatic imine (C=N–C) groups is 1. The van der Waals surface area contributed by atoms with Gasteiger partial charge in [-0.1, -0.05) is 13.8 Å². The summed E-state index contributed by atoms with van der Waals surface area (Å²) in [5.41, 5.74) is 0. The summed E-state index contributed by atoms with van der Waals surface area (Å²) in [6.07, 6.45) is 2.07. The Bertz CT molecular complexity index is 618. The van der Waals surface area contributed by atoms with Crippen LogP contribution < -0.4 is 10.6 Å². The van der Waals surface area contributed by atoms with Crippen LogP contribution in [0.5, 0.6) is 0 Å². The standard InChI is InChI=1S/C20H39N7O2.HI/c1-16(2)13-18(27-8-11-29-12-9-27)14-22-20(21-7-6-10-28-5)23-15-19-25-24-17(3)26(19)4;/h16,18H,6-15H2,1-5H3,(H2,21,22,23);1H. The molecular formula is C20H40IN7O2. The predicted octanol–water partition coefficient (Wildman–Crippen LogP) is 1.56. The number of morpholine rings is 1. The first-order chi connectivity index (χ1) is 14.0. The lowest BCUT2D eigenvalue weighted by Crippen LogP contribution is -2.51. The Morgan fingerprint density at radius 2 is 1.97 bits per heavy atom. The molecule has 1 aromatic rings. The average molecular weight is 537 g/mol. The van der Waals surface area contributed by atoms with E-state index in [-0.39, 0.29) is 24.0 Å². The van der Waals surface area contributed by atoms with Crippen molar-refractivity contribution in [1.29, 1.82) is 0 Å². The van der Waals surface area contributed by atoms with Crippen LogP contribution in [0.15, 0.2) is 4.99 Å². The van der Waals surface area contributed by atoms with Crippen molar-refractivity contribution in [3.63, 3.8) is 0 Å². The maximum Gasteiger partial charge on any atom is 0.191 e. The minimum absolute atomic E-state index is 0. The molecule has 0 radical (unpaired) electrons. The minimum atomic E-state index is 0. The van der Waals surface area contributed by atoms with E-state index in [1.165, 1.54) is 0 Å². The second-order valence-corrected chi connectivity index (χ2v) is 7.97. The van der Waals surface area contributed by atoms with Gasteiger partial charge >= 0.3 is 0 Å². The number of aryl methyl sites for hydroxylation is 1. The molecule has 1 aliphatic rings. The normalized spacial score (nSPS) is 16.4. The molecule has 0 bridgehead atoms. The lowest BCUT2D eigenvalue weighted by Gasteiger charge is -2.35. The maximum absolute atomic E-state index is 5.53. The number of methoxy groups -OCH3 is 1. The van der Waals surface area contributed by atoms with Crippen LogP contribution in [0.25, 0.3) is 0 Å². The number of nitrogens with zero attached hydrogens (tertiary/aromatic N) is 5. The van der Waals surface area contributed by atoms with Crippen molar-refractivity contribution in [2.45, 2.75) is 46.2 Å². The first-order valence-electron chi connectivity index (χ1n) is 10.7. The van der Waals surface area contributed by atoms with Gasteiger partial charge in [-0.2, -0.15) is 0 Å². The maximum atomic E-state index is 5.53. The largest absolute Gasteiger partial charge is 0.385 e. The van der Waals surface area contributed by atoms with E-state index in [0.29, 0.717) is 18.5 Å². The van der Waals surface area contributed by atoms with Gasteiger partial charge < -0.3 is 24.7 Å². The Hall–Kier alpha value is -0.980. The van der Waals surface area contributed by atoms with Crippen LogP contribution >= 0.6 is 24.0 Å². The van der Waals surface area contributed by atoms with Gasteiger partial charge in [-0.15, -0.1) is 34.2 Å². The third kappa shape index (κ3) is 9.44. The highest BCUT2D eigenvalue weighted by molar-refractivity contribution is 14.0. The molecule has 1 aromatic heterocycles. The second kappa shape index (κ2) is 14.9. The Morgan fingerprint density at radius 1 is 1.23 bits per heavy atom. The molecule has 0 saturated carbocycles. The van der Waals surface area contributed by atoms with Crippen molar-refractivity contribution in [2.75, 3.05) is 53.1 Å². The summed E-state index contributed by atoms with van der Waals surface area (Å²) in [6.45, 7) is 13.0. The van der Waals surface area contributed by atoms with Gasteiger partial charge in [0.25, 0.3) is 0 Å². The third-order valence-electron chi connectivity index (χ3n) is 5.19. The molecule has 1 aliphatic heterocycles. The van der Waals surface area contributed by atoms with E-state index in [2.05, 4.69) is 39.6 Å². The van der Waals surface area contributed by atoms with Crippen LogP contribution in [0.4, 0.5) is 0 Å².